The van der Waals surface area contributed by atoms with Crippen molar-refractivity contribution in [1.29, 1.82) is 0 Å². The van der Waals surface area contributed by atoms with Gasteiger partial charge in [0.2, 0.25) is 0 Å². The second-order valence-corrected chi connectivity index (χ2v) is 5.79. The zero-order chi connectivity index (χ0) is 12.1. The van der Waals surface area contributed by atoms with E-state index in [4.69, 9.17) is 11.6 Å². The molecule has 0 fully saturated rings. The molecular formula is C14H17BrClN. The zero-order valence-electron chi connectivity index (χ0n) is 9.76. The Labute approximate surface area is 116 Å². The summed E-state index contributed by atoms with van der Waals surface area (Å²) < 4.78 is 0.959. The minimum Gasteiger partial charge on any atom is -0.312 e. The van der Waals surface area contributed by atoms with Crippen LogP contribution in [-0.4, -0.2) is 6.54 Å². The van der Waals surface area contributed by atoms with Gasteiger partial charge in [-0.15, -0.1) is 0 Å². The van der Waals surface area contributed by atoms with Crippen LogP contribution >= 0.6 is 27.5 Å². The first kappa shape index (κ1) is 13.1. The maximum atomic E-state index is 6.06. The molecule has 0 bridgehead atoms. The van der Waals surface area contributed by atoms with E-state index in [0.29, 0.717) is 0 Å². The van der Waals surface area contributed by atoms with Crippen LogP contribution in [0.2, 0.25) is 5.02 Å². The number of halogens is 2. The number of benzene rings is 1. The van der Waals surface area contributed by atoms with Crippen LogP contribution in [0.15, 0.2) is 34.8 Å². The van der Waals surface area contributed by atoms with E-state index >= 15 is 0 Å². The fourth-order valence-corrected chi connectivity index (χ4v) is 2.56. The SMILES string of the molecule is Clc1cc(CNCC2CC=CCC2)ccc1Br. The molecule has 3 heteroatoms. The summed E-state index contributed by atoms with van der Waals surface area (Å²) in [6.07, 6.45) is 8.34. The second-order valence-electron chi connectivity index (χ2n) is 4.53. The van der Waals surface area contributed by atoms with E-state index in [1.807, 2.05) is 12.1 Å². The Bertz CT molecular complexity index is 403. The van der Waals surface area contributed by atoms with Crippen molar-refractivity contribution in [1.82, 2.24) is 5.32 Å². The third-order valence-electron chi connectivity index (χ3n) is 3.12. The Kier molecular flexibility index (Phi) is 5.08. The van der Waals surface area contributed by atoms with E-state index in [1.165, 1.54) is 24.8 Å². The molecule has 1 atom stereocenters. The summed E-state index contributed by atoms with van der Waals surface area (Å²) in [5.41, 5.74) is 1.24. The van der Waals surface area contributed by atoms with E-state index in [9.17, 15) is 0 Å². The Morgan fingerprint density at radius 1 is 1.35 bits per heavy atom. The summed E-state index contributed by atoms with van der Waals surface area (Å²) in [6, 6.07) is 6.12. The van der Waals surface area contributed by atoms with Crippen molar-refractivity contribution in [3.8, 4) is 0 Å². The molecule has 1 unspecified atom stereocenters. The first-order chi connectivity index (χ1) is 8.25. The van der Waals surface area contributed by atoms with Crippen LogP contribution in [0.1, 0.15) is 24.8 Å². The van der Waals surface area contributed by atoms with Gasteiger partial charge in [0.05, 0.1) is 5.02 Å². The molecule has 1 aromatic rings. The van der Waals surface area contributed by atoms with Crippen molar-refractivity contribution in [2.45, 2.75) is 25.8 Å². The monoisotopic (exact) mass is 313 g/mol. The summed E-state index contributed by atoms with van der Waals surface area (Å²) in [4.78, 5) is 0. The van der Waals surface area contributed by atoms with Crippen LogP contribution in [-0.2, 0) is 6.54 Å². The van der Waals surface area contributed by atoms with E-state index in [2.05, 4.69) is 39.5 Å². The summed E-state index contributed by atoms with van der Waals surface area (Å²) in [7, 11) is 0. The molecule has 1 N–H and O–H groups in total. The summed E-state index contributed by atoms with van der Waals surface area (Å²) in [6.45, 7) is 1.99. The molecule has 0 aliphatic heterocycles. The highest BCUT2D eigenvalue weighted by Crippen LogP contribution is 2.23. The highest BCUT2D eigenvalue weighted by atomic mass is 79.9. The molecule has 92 valence electrons. The Morgan fingerprint density at radius 3 is 2.94 bits per heavy atom. The van der Waals surface area contributed by atoms with Crippen molar-refractivity contribution in [2.75, 3.05) is 6.54 Å². The molecule has 0 saturated heterocycles. The maximum absolute atomic E-state index is 6.06. The van der Waals surface area contributed by atoms with Crippen molar-refractivity contribution >= 4 is 27.5 Å². The fourth-order valence-electron chi connectivity index (χ4n) is 2.11. The maximum Gasteiger partial charge on any atom is 0.0551 e. The molecule has 17 heavy (non-hydrogen) atoms. The molecule has 0 radical (unpaired) electrons. The lowest BCUT2D eigenvalue weighted by Crippen LogP contribution is -2.23. The van der Waals surface area contributed by atoms with Gasteiger partial charge in [0.15, 0.2) is 0 Å². The average molecular weight is 315 g/mol. The van der Waals surface area contributed by atoms with Crippen LogP contribution < -0.4 is 5.32 Å². The number of hydrogen-bond donors (Lipinski definition) is 1. The molecular weight excluding hydrogens is 298 g/mol. The lowest BCUT2D eigenvalue weighted by atomic mass is 9.94. The third-order valence-corrected chi connectivity index (χ3v) is 4.36. The Hall–Kier alpha value is -0.310. The van der Waals surface area contributed by atoms with E-state index in [-0.39, 0.29) is 0 Å². The van der Waals surface area contributed by atoms with Gasteiger partial charge in [-0.1, -0.05) is 29.8 Å². The molecule has 0 amide bonds. The van der Waals surface area contributed by atoms with Gasteiger partial charge in [-0.05, 0) is 65.4 Å². The predicted molar refractivity (Wildman–Crippen MR) is 77.3 cm³/mol. The van der Waals surface area contributed by atoms with Gasteiger partial charge in [0, 0.05) is 11.0 Å². The lowest BCUT2D eigenvalue weighted by molar-refractivity contribution is 0.440. The van der Waals surface area contributed by atoms with Crippen LogP contribution in [0.5, 0.6) is 0 Å². The van der Waals surface area contributed by atoms with Crippen LogP contribution in [0.3, 0.4) is 0 Å². The van der Waals surface area contributed by atoms with Crippen LogP contribution in [0, 0.1) is 5.92 Å². The largest absolute Gasteiger partial charge is 0.312 e. The molecule has 2 rings (SSSR count). The highest BCUT2D eigenvalue weighted by molar-refractivity contribution is 9.10. The van der Waals surface area contributed by atoms with Gasteiger partial charge in [0.25, 0.3) is 0 Å². The number of hydrogen-bond acceptors (Lipinski definition) is 1. The van der Waals surface area contributed by atoms with E-state index in [1.54, 1.807) is 0 Å². The van der Waals surface area contributed by atoms with Gasteiger partial charge >= 0.3 is 0 Å². The topological polar surface area (TPSA) is 12.0 Å². The van der Waals surface area contributed by atoms with E-state index < -0.39 is 0 Å². The fraction of sp³-hybridized carbons (Fsp3) is 0.429. The first-order valence-corrected chi connectivity index (χ1v) is 7.22. The normalized spacial score (nSPS) is 19.5. The van der Waals surface area contributed by atoms with Gasteiger partial charge in [-0.25, -0.2) is 0 Å². The van der Waals surface area contributed by atoms with E-state index in [0.717, 1.165) is 28.5 Å². The molecule has 1 nitrogen and oxygen atoms in total. The quantitative estimate of drug-likeness (QED) is 0.804. The second kappa shape index (κ2) is 6.58. The van der Waals surface area contributed by atoms with Crippen molar-refractivity contribution in [3.63, 3.8) is 0 Å². The average Bonchev–Trinajstić information content (AvgIpc) is 2.35. The molecule has 1 aliphatic rings. The predicted octanol–water partition coefficient (Wildman–Crippen LogP) is 4.55. The van der Waals surface area contributed by atoms with Crippen molar-refractivity contribution < 1.29 is 0 Å². The number of allylic oxidation sites excluding steroid dienone is 2. The van der Waals surface area contributed by atoms with Gasteiger partial charge in [-0.3, -0.25) is 0 Å². The van der Waals surface area contributed by atoms with Gasteiger partial charge in [0.1, 0.15) is 0 Å². The Morgan fingerprint density at radius 2 is 2.24 bits per heavy atom. The minimum absolute atomic E-state index is 0.782. The molecule has 1 aliphatic carbocycles. The first-order valence-electron chi connectivity index (χ1n) is 6.05. The van der Waals surface area contributed by atoms with Crippen molar-refractivity contribution in [3.05, 3.63) is 45.4 Å². The molecule has 0 heterocycles. The molecule has 0 aromatic heterocycles. The Balaban J connectivity index is 1.77. The highest BCUT2D eigenvalue weighted by Gasteiger charge is 2.08. The summed E-state index contributed by atoms with van der Waals surface area (Å²) in [5, 5.41) is 4.29. The molecule has 1 aromatic carbocycles. The standard InChI is InChI=1S/C14H17BrClN/c15-13-7-6-12(8-14(13)16)10-17-9-11-4-2-1-3-5-11/h1-2,6-8,11,17H,3-5,9-10H2. The lowest BCUT2D eigenvalue weighted by Gasteiger charge is -2.18. The van der Waals surface area contributed by atoms with Gasteiger partial charge in [-0.2, -0.15) is 0 Å². The summed E-state index contributed by atoms with van der Waals surface area (Å²) in [5.74, 6) is 0.797. The smallest absolute Gasteiger partial charge is 0.0551 e. The molecule has 0 saturated carbocycles. The number of rotatable bonds is 4. The van der Waals surface area contributed by atoms with Crippen LogP contribution in [0.4, 0.5) is 0 Å². The summed E-state index contributed by atoms with van der Waals surface area (Å²) >= 11 is 9.46. The zero-order valence-corrected chi connectivity index (χ0v) is 12.1. The van der Waals surface area contributed by atoms with Gasteiger partial charge < -0.3 is 5.32 Å². The molecule has 0 spiro atoms. The minimum atomic E-state index is 0.782. The van der Waals surface area contributed by atoms with Crippen molar-refractivity contribution in [2.24, 2.45) is 5.92 Å². The third kappa shape index (κ3) is 4.13. The number of nitrogens with one attached hydrogen (secondary N) is 1. The van der Waals surface area contributed by atoms with Crippen LogP contribution in [0.25, 0.3) is 0 Å².